The number of ether oxygens (including phenoxy) is 1. The van der Waals surface area contributed by atoms with Gasteiger partial charge in [-0.1, -0.05) is 18.2 Å². The van der Waals surface area contributed by atoms with Crippen molar-refractivity contribution in [2.24, 2.45) is 0 Å². The molecule has 2 N–H and O–H groups in total. The smallest absolute Gasteiger partial charge is 0.239 e. The number of fused-ring (bicyclic) bond motifs is 1. The number of hydrogen-bond acceptors (Lipinski definition) is 4. The van der Waals surface area contributed by atoms with Crippen molar-refractivity contribution in [2.45, 2.75) is 6.54 Å². The number of benzene rings is 1. The number of rotatable bonds is 5. The van der Waals surface area contributed by atoms with Gasteiger partial charge < -0.3 is 20.3 Å². The molecule has 5 nitrogen and oxygen atoms in total. The predicted molar refractivity (Wildman–Crippen MR) is 75.2 cm³/mol. The fourth-order valence-electron chi connectivity index (χ4n) is 2.21. The molecule has 0 fully saturated rings. The Morgan fingerprint density at radius 2 is 2.32 bits per heavy atom. The van der Waals surface area contributed by atoms with Crippen LogP contribution >= 0.6 is 0 Å². The third-order valence-electron chi connectivity index (χ3n) is 3.17. The van der Waals surface area contributed by atoms with Gasteiger partial charge in [0, 0.05) is 39.0 Å². The van der Waals surface area contributed by atoms with E-state index in [-0.39, 0.29) is 5.91 Å². The molecule has 1 aromatic rings. The van der Waals surface area contributed by atoms with Gasteiger partial charge in [0.05, 0.1) is 13.2 Å². The summed E-state index contributed by atoms with van der Waals surface area (Å²) in [4.78, 5) is 14.0. The number of hydrogen-bond donors (Lipinski definition) is 2. The van der Waals surface area contributed by atoms with Crippen LogP contribution in [-0.4, -0.2) is 45.8 Å². The minimum Gasteiger partial charge on any atom is -0.383 e. The monoisotopic (exact) mass is 263 g/mol. The molecule has 1 aliphatic heterocycles. The van der Waals surface area contributed by atoms with Gasteiger partial charge in [0.1, 0.15) is 0 Å². The van der Waals surface area contributed by atoms with E-state index in [1.807, 2.05) is 12.1 Å². The molecular weight excluding hydrogens is 242 g/mol. The number of amides is 1. The van der Waals surface area contributed by atoms with E-state index in [1.54, 1.807) is 7.11 Å². The zero-order valence-electron chi connectivity index (χ0n) is 11.3. The quantitative estimate of drug-likeness (QED) is 0.753. The average Bonchev–Trinajstić information content (AvgIpc) is 2.62. The van der Waals surface area contributed by atoms with Crippen molar-refractivity contribution in [1.82, 2.24) is 10.6 Å². The highest BCUT2D eigenvalue weighted by Gasteiger charge is 2.16. The zero-order chi connectivity index (χ0) is 13.5. The Kier molecular flexibility index (Phi) is 5.18. The highest BCUT2D eigenvalue weighted by atomic mass is 16.5. The Morgan fingerprint density at radius 1 is 1.47 bits per heavy atom. The Morgan fingerprint density at radius 3 is 3.16 bits per heavy atom. The molecule has 0 aliphatic carbocycles. The van der Waals surface area contributed by atoms with Gasteiger partial charge in [-0.2, -0.15) is 0 Å². The molecule has 19 heavy (non-hydrogen) atoms. The van der Waals surface area contributed by atoms with Crippen molar-refractivity contribution in [1.29, 1.82) is 0 Å². The standard InChI is InChI=1S/C14H21N3O2/c1-19-9-7-16-14(18)11-17-8-6-15-10-12-4-2-3-5-13(12)17/h2-5,15H,6-11H2,1H3,(H,16,18). The van der Waals surface area contributed by atoms with Crippen LogP contribution in [0.25, 0.3) is 0 Å². The first-order valence-corrected chi connectivity index (χ1v) is 6.60. The molecule has 0 spiro atoms. The lowest BCUT2D eigenvalue weighted by molar-refractivity contribution is -0.119. The van der Waals surface area contributed by atoms with Crippen LogP contribution in [0.15, 0.2) is 24.3 Å². The lowest BCUT2D eigenvalue weighted by Crippen LogP contribution is -2.40. The van der Waals surface area contributed by atoms with Crippen LogP contribution in [0.3, 0.4) is 0 Å². The summed E-state index contributed by atoms with van der Waals surface area (Å²) < 4.78 is 4.92. The number of nitrogens with zero attached hydrogens (tertiary/aromatic N) is 1. The first-order valence-electron chi connectivity index (χ1n) is 6.60. The van der Waals surface area contributed by atoms with Crippen LogP contribution in [-0.2, 0) is 16.1 Å². The topological polar surface area (TPSA) is 53.6 Å². The van der Waals surface area contributed by atoms with E-state index >= 15 is 0 Å². The fraction of sp³-hybridized carbons (Fsp3) is 0.500. The summed E-state index contributed by atoms with van der Waals surface area (Å²) in [7, 11) is 1.63. The van der Waals surface area contributed by atoms with Gasteiger partial charge in [0.25, 0.3) is 0 Å². The van der Waals surface area contributed by atoms with Gasteiger partial charge in [0.15, 0.2) is 0 Å². The highest BCUT2D eigenvalue weighted by molar-refractivity contribution is 5.81. The van der Waals surface area contributed by atoms with Crippen LogP contribution < -0.4 is 15.5 Å². The summed E-state index contributed by atoms with van der Waals surface area (Å²) in [5, 5.41) is 6.22. The Labute approximate surface area is 113 Å². The first-order chi connectivity index (χ1) is 9.31. The number of carbonyl (C=O) groups excluding carboxylic acids is 1. The van der Waals surface area contributed by atoms with Gasteiger partial charge in [0.2, 0.25) is 5.91 Å². The third-order valence-corrected chi connectivity index (χ3v) is 3.17. The third kappa shape index (κ3) is 3.94. The molecule has 1 amide bonds. The van der Waals surface area contributed by atoms with Crippen molar-refractivity contribution >= 4 is 11.6 Å². The minimum absolute atomic E-state index is 0.0359. The molecule has 1 heterocycles. The van der Waals surface area contributed by atoms with E-state index in [1.165, 1.54) is 5.56 Å². The molecule has 0 radical (unpaired) electrons. The number of para-hydroxylation sites is 1. The second-order valence-electron chi connectivity index (χ2n) is 4.57. The molecule has 104 valence electrons. The SMILES string of the molecule is COCCNC(=O)CN1CCNCc2ccccc21. The van der Waals surface area contributed by atoms with Crippen LogP contribution in [0.1, 0.15) is 5.56 Å². The Hall–Kier alpha value is -1.59. The number of anilines is 1. The molecule has 0 saturated carbocycles. The summed E-state index contributed by atoms with van der Waals surface area (Å²) in [5.74, 6) is 0.0359. The molecule has 0 saturated heterocycles. The van der Waals surface area contributed by atoms with Gasteiger partial charge in [-0.25, -0.2) is 0 Å². The lowest BCUT2D eigenvalue weighted by atomic mass is 10.1. The van der Waals surface area contributed by atoms with E-state index in [2.05, 4.69) is 27.7 Å². The van der Waals surface area contributed by atoms with Crippen molar-refractivity contribution in [3.8, 4) is 0 Å². The molecule has 1 aliphatic rings. The van der Waals surface area contributed by atoms with Crippen LogP contribution in [0.2, 0.25) is 0 Å². The molecule has 0 aromatic heterocycles. The molecular formula is C14H21N3O2. The molecule has 1 aromatic carbocycles. The number of nitrogens with one attached hydrogen (secondary N) is 2. The normalized spacial score (nSPS) is 14.7. The van der Waals surface area contributed by atoms with Crippen molar-refractivity contribution in [2.75, 3.05) is 44.8 Å². The van der Waals surface area contributed by atoms with E-state index in [9.17, 15) is 4.79 Å². The summed E-state index contributed by atoms with van der Waals surface area (Å²) in [6.07, 6.45) is 0. The second kappa shape index (κ2) is 7.11. The van der Waals surface area contributed by atoms with Crippen LogP contribution in [0.4, 0.5) is 5.69 Å². The van der Waals surface area contributed by atoms with E-state index in [0.29, 0.717) is 19.7 Å². The maximum absolute atomic E-state index is 11.9. The van der Waals surface area contributed by atoms with Crippen molar-refractivity contribution in [3.05, 3.63) is 29.8 Å². The van der Waals surface area contributed by atoms with Crippen LogP contribution in [0.5, 0.6) is 0 Å². The minimum atomic E-state index is 0.0359. The van der Waals surface area contributed by atoms with E-state index < -0.39 is 0 Å². The number of carbonyl (C=O) groups is 1. The molecule has 0 unspecified atom stereocenters. The van der Waals surface area contributed by atoms with Gasteiger partial charge in [-0.15, -0.1) is 0 Å². The molecule has 2 rings (SSSR count). The molecule has 5 heteroatoms. The maximum Gasteiger partial charge on any atom is 0.239 e. The van der Waals surface area contributed by atoms with E-state index in [0.717, 1.165) is 25.3 Å². The van der Waals surface area contributed by atoms with Gasteiger partial charge in [-0.05, 0) is 11.6 Å². The number of methoxy groups -OCH3 is 1. The predicted octanol–water partition coefficient (Wildman–Crippen LogP) is 0.359. The summed E-state index contributed by atoms with van der Waals surface area (Å²) in [5.41, 5.74) is 2.39. The van der Waals surface area contributed by atoms with Crippen LogP contribution in [0, 0.1) is 0 Å². The Balaban J connectivity index is 1.98. The zero-order valence-corrected chi connectivity index (χ0v) is 11.3. The summed E-state index contributed by atoms with van der Waals surface area (Å²) in [6, 6.07) is 8.22. The summed E-state index contributed by atoms with van der Waals surface area (Å²) in [6.45, 7) is 4.09. The van der Waals surface area contributed by atoms with Gasteiger partial charge in [-0.3, -0.25) is 4.79 Å². The average molecular weight is 263 g/mol. The lowest BCUT2D eigenvalue weighted by Gasteiger charge is -2.23. The molecule has 0 atom stereocenters. The van der Waals surface area contributed by atoms with Crippen molar-refractivity contribution in [3.63, 3.8) is 0 Å². The second-order valence-corrected chi connectivity index (χ2v) is 4.57. The summed E-state index contributed by atoms with van der Waals surface area (Å²) >= 11 is 0. The molecule has 0 bridgehead atoms. The highest BCUT2D eigenvalue weighted by Crippen LogP contribution is 2.21. The maximum atomic E-state index is 11.9. The van der Waals surface area contributed by atoms with E-state index in [4.69, 9.17) is 4.74 Å². The first kappa shape index (κ1) is 13.8. The van der Waals surface area contributed by atoms with Gasteiger partial charge >= 0.3 is 0 Å². The largest absolute Gasteiger partial charge is 0.383 e. The Bertz CT molecular complexity index is 423. The van der Waals surface area contributed by atoms with Crippen molar-refractivity contribution < 1.29 is 9.53 Å². The fourth-order valence-corrected chi connectivity index (χ4v) is 2.21.